The number of carbonyl (C=O) groups excluding carboxylic acids is 1. The van der Waals surface area contributed by atoms with Gasteiger partial charge in [0.2, 0.25) is 5.91 Å². The lowest BCUT2D eigenvalue weighted by molar-refractivity contribution is -0.123. The van der Waals surface area contributed by atoms with E-state index in [0.29, 0.717) is 29.7 Å². The van der Waals surface area contributed by atoms with Crippen LogP contribution in [0.1, 0.15) is 12.8 Å². The number of rotatable bonds is 2. The van der Waals surface area contributed by atoms with Crippen molar-refractivity contribution in [2.45, 2.75) is 18.9 Å². The molecule has 3 fully saturated rings. The summed E-state index contributed by atoms with van der Waals surface area (Å²) in [6, 6.07) is 0.534. The molecule has 3 rings (SSSR count). The molecule has 2 aliphatic carbocycles. The van der Waals surface area contributed by atoms with Gasteiger partial charge < -0.3 is 10.6 Å². The first kappa shape index (κ1) is 9.28. The van der Waals surface area contributed by atoms with Gasteiger partial charge in [0.1, 0.15) is 0 Å². The molecule has 74 valence electrons. The minimum atomic E-state index is 0. The Morgan fingerprint density at radius 3 is 2.38 bits per heavy atom. The second-order valence-corrected chi connectivity index (χ2v) is 4.29. The van der Waals surface area contributed by atoms with Gasteiger partial charge in [0.25, 0.3) is 0 Å². The van der Waals surface area contributed by atoms with Crippen molar-refractivity contribution in [3.05, 3.63) is 0 Å². The number of piperidine rings is 1. The number of halogens is 1. The third kappa shape index (κ3) is 1.55. The second kappa shape index (κ2) is 3.14. The predicted molar refractivity (Wildman–Crippen MR) is 51.8 cm³/mol. The van der Waals surface area contributed by atoms with E-state index < -0.39 is 0 Å². The topological polar surface area (TPSA) is 41.1 Å². The number of amides is 1. The highest BCUT2D eigenvalue weighted by Gasteiger charge is 2.57. The van der Waals surface area contributed by atoms with Gasteiger partial charge in [-0.05, 0) is 37.8 Å². The molecule has 1 amide bonds. The lowest BCUT2D eigenvalue weighted by Crippen LogP contribution is -2.31. The van der Waals surface area contributed by atoms with E-state index in [2.05, 4.69) is 10.6 Å². The summed E-state index contributed by atoms with van der Waals surface area (Å²) in [6.45, 7) is 2.13. The number of carbonyl (C=O) groups is 1. The molecule has 4 heteroatoms. The molecule has 1 aliphatic heterocycles. The van der Waals surface area contributed by atoms with Gasteiger partial charge in [0, 0.05) is 12.0 Å². The lowest BCUT2D eigenvalue weighted by Gasteiger charge is -2.04. The van der Waals surface area contributed by atoms with Crippen LogP contribution in [0, 0.1) is 17.8 Å². The number of fused-ring (bicyclic) bond motifs is 1. The molecule has 1 saturated heterocycles. The van der Waals surface area contributed by atoms with Crippen LogP contribution in [0.4, 0.5) is 0 Å². The Balaban J connectivity index is 0.000000653. The summed E-state index contributed by atoms with van der Waals surface area (Å²) in [4.78, 5) is 11.5. The third-order valence-corrected chi connectivity index (χ3v) is 3.32. The number of hydrogen-bond donors (Lipinski definition) is 2. The largest absolute Gasteiger partial charge is 0.353 e. The highest BCUT2D eigenvalue weighted by Crippen LogP contribution is 2.48. The van der Waals surface area contributed by atoms with Gasteiger partial charge >= 0.3 is 0 Å². The van der Waals surface area contributed by atoms with Crippen molar-refractivity contribution in [2.75, 3.05) is 13.1 Å². The van der Waals surface area contributed by atoms with E-state index in [1.165, 1.54) is 12.8 Å². The van der Waals surface area contributed by atoms with Gasteiger partial charge in [-0.2, -0.15) is 0 Å². The predicted octanol–water partition coefficient (Wildman–Crippen LogP) is 0.152. The number of hydrogen-bond acceptors (Lipinski definition) is 2. The first-order valence-corrected chi connectivity index (χ1v) is 4.87. The third-order valence-electron chi connectivity index (χ3n) is 3.32. The Morgan fingerprint density at radius 2 is 1.85 bits per heavy atom. The van der Waals surface area contributed by atoms with E-state index in [4.69, 9.17) is 0 Å². The van der Waals surface area contributed by atoms with E-state index in [-0.39, 0.29) is 12.4 Å². The minimum Gasteiger partial charge on any atom is -0.353 e. The van der Waals surface area contributed by atoms with Gasteiger partial charge in [-0.15, -0.1) is 12.4 Å². The Kier molecular flexibility index (Phi) is 2.24. The fraction of sp³-hybridized carbons (Fsp3) is 0.889. The molecule has 0 bridgehead atoms. The summed E-state index contributed by atoms with van der Waals surface area (Å²) in [5, 5.41) is 6.37. The Labute approximate surface area is 84.1 Å². The van der Waals surface area contributed by atoms with Gasteiger partial charge in [-0.3, -0.25) is 4.79 Å². The van der Waals surface area contributed by atoms with Crippen LogP contribution in [-0.2, 0) is 4.79 Å². The van der Waals surface area contributed by atoms with Crippen LogP contribution in [0.2, 0.25) is 0 Å². The van der Waals surface area contributed by atoms with Crippen LogP contribution < -0.4 is 10.6 Å². The summed E-state index contributed by atoms with van der Waals surface area (Å²) in [7, 11) is 0. The summed E-state index contributed by atoms with van der Waals surface area (Å²) in [5.74, 6) is 2.04. The summed E-state index contributed by atoms with van der Waals surface area (Å²) < 4.78 is 0. The van der Waals surface area contributed by atoms with Crippen LogP contribution in [0.25, 0.3) is 0 Å². The van der Waals surface area contributed by atoms with Crippen molar-refractivity contribution in [3.8, 4) is 0 Å². The molecule has 0 spiro atoms. The average Bonchev–Trinajstić information content (AvgIpc) is 2.94. The summed E-state index contributed by atoms with van der Waals surface area (Å²) in [5.41, 5.74) is 0. The smallest absolute Gasteiger partial charge is 0.224 e. The fourth-order valence-electron chi connectivity index (χ4n) is 2.33. The molecule has 3 aliphatic rings. The highest BCUT2D eigenvalue weighted by molar-refractivity contribution is 5.85. The monoisotopic (exact) mass is 202 g/mol. The maximum absolute atomic E-state index is 11.5. The highest BCUT2D eigenvalue weighted by atomic mass is 35.5. The van der Waals surface area contributed by atoms with Gasteiger partial charge in [0.05, 0.1) is 0 Å². The van der Waals surface area contributed by atoms with Crippen LogP contribution in [0.15, 0.2) is 0 Å². The van der Waals surface area contributed by atoms with Crippen LogP contribution in [0.3, 0.4) is 0 Å². The standard InChI is InChI=1S/C9H14N2O.ClH/c12-9(11-5-1-2-5)8-6-3-10-4-7(6)8;/h5-8,10H,1-4H2,(H,11,12);1H/t6-,7+,8?;. The van der Waals surface area contributed by atoms with E-state index in [0.717, 1.165) is 13.1 Å². The molecule has 0 aromatic heterocycles. The SMILES string of the molecule is Cl.O=C(NC1CC1)C1[C@H]2CNC[C@@H]12. The second-order valence-electron chi connectivity index (χ2n) is 4.29. The maximum Gasteiger partial charge on any atom is 0.224 e. The molecule has 3 atom stereocenters. The van der Waals surface area contributed by atoms with Gasteiger partial charge in [-0.25, -0.2) is 0 Å². The molecule has 3 nitrogen and oxygen atoms in total. The minimum absolute atomic E-state index is 0. The van der Waals surface area contributed by atoms with Gasteiger partial charge in [0.15, 0.2) is 0 Å². The lowest BCUT2D eigenvalue weighted by atomic mass is 10.2. The molecule has 2 N–H and O–H groups in total. The van der Waals surface area contributed by atoms with Crippen molar-refractivity contribution in [2.24, 2.45) is 17.8 Å². The molecule has 13 heavy (non-hydrogen) atoms. The quantitative estimate of drug-likeness (QED) is 0.670. The van der Waals surface area contributed by atoms with E-state index in [9.17, 15) is 4.79 Å². The summed E-state index contributed by atoms with van der Waals surface area (Å²) in [6.07, 6.45) is 2.40. The van der Waals surface area contributed by atoms with E-state index in [1.807, 2.05) is 0 Å². The van der Waals surface area contributed by atoms with Crippen molar-refractivity contribution in [3.63, 3.8) is 0 Å². The zero-order valence-electron chi connectivity index (χ0n) is 7.45. The van der Waals surface area contributed by atoms with Crippen molar-refractivity contribution in [1.29, 1.82) is 0 Å². The molecule has 2 saturated carbocycles. The number of nitrogens with one attached hydrogen (secondary N) is 2. The van der Waals surface area contributed by atoms with Crippen molar-refractivity contribution < 1.29 is 4.79 Å². The molecule has 0 aromatic rings. The van der Waals surface area contributed by atoms with Gasteiger partial charge in [-0.1, -0.05) is 0 Å². The fourth-order valence-corrected chi connectivity index (χ4v) is 2.33. The Hall–Kier alpha value is -0.280. The van der Waals surface area contributed by atoms with Crippen molar-refractivity contribution >= 4 is 18.3 Å². The summed E-state index contributed by atoms with van der Waals surface area (Å²) >= 11 is 0. The first-order valence-electron chi connectivity index (χ1n) is 4.87. The molecular weight excluding hydrogens is 188 g/mol. The molecule has 0 aromatic carbocycles. The van der Waals surface area contributed by atoms with Crippen LogP contribution in [-0.4, -0.2) is 25.0 Å². The molecule has 0 radical (unpaired) electrons. The zero-order valence-corrected chi connectivity index (χ0v) is 8.27. The van der Waals surface area contributed by atoms with Crippen molar-refractivity contribution in [1.82, 2.24) is 10.6 Å². The van der Waals surface area contributed by atoms with E-state index in [1.54, 1.807) is 0 Å². The molecule has 1 unspecified atom stereocenters. The van der Waals surface area contributed by atoms with Crippen LogP contribution in [0.5, 0.6) is 0 Å². The maximum atomic E-state index is 11.5. The normalized spacial score (nSPS) is 40.5. The first-order chi connectivity index (χ1) is 5.86. The average molecular weight is 203 g/mol. The van der Waals surface area contributed by atoms with Crippen LogP contribution >= 0.6 is 12.4 Å². The Morgan fingerprint density at radius 1 is 1.23 bits per heavy atom. The van der Waals surface area contributed by atoms with E-state index >= 15 is 0 Å². The molecular formula is C9H15ClN2O. The zero-order chi connectivity index (χ0) is 8.13. The molecule has 1 heterocycles. The Bertz CT molecular complexity index is 220.